The van der Waals surface area contributed by atoms with E-state index in [1.165, 1.54) is 4.90 Å². The van der Waals surface area contributed by atoms with Crippen LogP contribution in [0.15, 0.2) is 42.5 Å². The van der Waals surface area contributed by atoms with Gasteiger partial charge in [-0.15, -0.1) is 0 Å². The molecular formula is C18H20Cl2N3O2+. The molecule has 2 aromatic rings. The van der Waals surface area contributed by atoms with Gasteiger partial charge in [0.15, 0.2) is 6.54 Å². The summed E-state index contributed by atoms with van der Waals surface area (Å²) in [6, 6.07) is 12.5. The number of nitrogens with zero attached hydrogens (tertiary/aromatic N) is 1. The summed E-state index contributed by atoms with van der Waals surface area (Å²) in [5, 5.41) is 13.5. The van der Waals surface area contributed by atoms with Crippen LogP contribution in [0, 0.1) is 0 Å². The number of benzene rings is 2. The Bertz CT molecular complexity index is 762. The first-order chi connectivity index (χ1) is 12.0. The molecule has 0 unspecified atom stereocenters. The number of hydrogen-bond donors (Lipinski definition) is 3. The zero-order valence-corrected chi connectivity index (χ0v) is 15.1. The van der Waals surface area contributed by atoms with Gasteiger partial charge in [-0.25, -0.2) is 0 Å². The quantitative estimate of drug-likeness (QED) is 0.760. The number of para-hydroxylation sites is 2. The maximum absolute atomic E-state index is 12.3. The molecule has 3 N–H and O–H groups in total. The summed E-state index contributed by atoms with van der Waals surface area (Å²) in [5.41, 5.74) is 1.38. The van der Waals surface area contributed by atoms with Gasteiger partial charge in [0.05, 0.1) is 47.6 Å². The van der Waals surface area contributed by atoms with Gasteiger partial charge in [-0.3, -0.25) is 4.79 Å². The first-order valence-corrected chi connectivity index (χ1v) is 8.90. The van der Waals surface area contributed by atoms with E-state index in [1.807, 2.05) is 18.2 Å². The van der Waals surface area contributed by atoms with E-state index in [0.29, 0.717) is 28.0 Å². The highest BCUT2D eigenvalue weighted by atomic mass is 35.5. The van der Waals surface area contributed by atoms with E-state index < -0.39 is 0 Å². The zero-order valence-electron chi connectivity index (χ0n) is 13.6. The Labute approximate surface area is 156 Å². The summed E-state index contributed by atoms with van der Waals surface area (Å²) in [6.07, 6.45) is 0. The van der Waals surface area contributed by atoms with E-state index in [9.17, 15) is 9.90 Å². The average molecular weight is 381 g/mol. The fraction of sp³-hybridized carbons (Fsp3) is 0.278. The second-order valence-corrected chi connectivity index (χ2v) is 6.84. The standard InChI is InChI=1S/C18H19Cl2N3O2/c19-13-4-3-5-14(18(13)20)21-17(25)12-22-8-10-23(11-9-22)15-6-1-2-7-16(15)24/h1-7,24H,8-12H2,(H,21,25)/p+1. The second kappa shape index (κ2) is 7.95. The average Bonchev–Trinajstić information content (AvgIpc) is 2.60. The molecule has 1 aliphatic rings. The fourth-order valence-electron chi connectivity index (χ4n) is 2.99. The van der Waals surface area contributed by atoms with E-state index in [4.69, 9.17) is 23.2 Å². The number of amides is 1. The number of quaternary nitrogens is 1. The van der Waals surface area contributed by atoms with Crippen molar-refractivity contribution in [1.82, 2.24) is 0 Å². The largest absolute Gasteiger partial charge is 0.506 e. The summed E-state index contributed by atoms with van der Waals surface area (Å²) >= 11 is 12.1. The van der Waals surface area contributed by atoms with Gasteiger partial charge in [0.25, 0.3) is 5.91 Å². The fourth-order valence-corrected chi connectivity index (χ4v) is 3.34. The SMILES string of the molecule is O=C(C[NH+]1CCN(c2ccccc2O)CC1)Nc1cccc(Cl)c1Cl. The van der Waals surface area contributed by atoms with Crippen LogP contribution < -0.4 is 15.1 Å². The Morgan fingerprint density at radius 3 is 2.56 bits per heavy atom. The molecule has 1 fully saturated rings. The lowest BCUT2D eigenvalue weighted by atomic mass is 10.2. The molecule has 1 aliphatic heterocycles. The van der Waals surface area contributed by atoms with Crippen LogP contribution >= 0.6 is 23.2 Å². The van der Waals surface area contributed by atoms with Crippen LogP contribution in [0.2, 0.25) is 10.0 Å². The highest BCUT2D eigenvalue weighted by Gasteiger charge is 2.23. The predicted molar refractivity (Wildman–Crippen MR) is 101 cm³/mol. The molecule has 0 aromatic heterocycles. The van der Waals surface area contributed by atoms with Gasteiger partial charge in [-0.2, -0.15) is 0 Å². The van der Waals surface area contributed by atoms with E-state index in [0.717, 1.165) is 31.9 Å². The molecule has 7 heteroatoms. The lowest BCUT2D eigenvalue weighted by molar-refractivity contribution is -0.892. The lowest BCUT2D eigenvalue weighted by Crippen LogP contribution is -3.15. The number of anilines is 2. The van der Waals surface area contributed by atoms with Gasteiger partial charge in [0.2, 0.25) is 0 Å². The van der Waals surface area contributed by atoms with Crippen LogP contribution in [-0.2, 0) is 4.79 Å². The van der Waals surface area contributed by atoms with Crippen molar-refractivity contribution in [2.45, 2.75) is 0 Å². The number of halogens is 2. The topological polar surface area (TPSA) is 57.0 Å². The molecule has 5 nitrogen and oxygen atoms in total. The molecule has 132 valence electrons. The molecule has 0 atom stereocenters. The maximum Gasteiger partial charge on any atom is 0.279 e. The first-order valence-electron chi connectivity index (χ1n) is 8.15. The molecule has 3 rings (SSSR count). The molecule has 0 bridgehead atoms. The van der Waals surface area contributed by atoms with Crippen molar-refractivity contribution in [3.63, 3.8) is 0 Å². The number of phenols is 1. The third-order valence-corrected chi connectivity index (χ3v) is 5.15. The monoisotopic (exact) mass is 380 g/mol. The third kappa shape index (κ3) is 4.37. The van der Waals surface area contributed by atoms with Crippen LogP contribution in [0.25, 0.3) is 0 Å². The van der Waals surface area contributed by atoms with Gasteiger partial charge < -0.3 is 20.2 Å². The summed E-state index contributed by atoms with van der Waals surface area (Å²) in [7, 11) is 0. The van der Waals surface area contributed by atoms with Crippen molar-refractivity contribution in [1.29, 1.82) is 0 Å². The van der Waals surface area contributed by atoms with Gasteiger partial charge in [0, 0.05) is 0 Å². The number of rotatable bonds is 4. The minimum absolute atomic E-state index is 0.0878. The van der Waals surface area contributed by atoms with Crippen molar-refractivity contribution in [3.8, 4) is 5.75 Å². The van der Waals surface area contributed by atoms with Crippen LogP contribution in [0.1, 0.15) is 0 Å². The summed E-state index contributed by atoms with van der Waals surface area (Å²) in [4.78, 5) is 15.6. The van der Waals surface area contributed by atoms with E-state index >= 15 is 0 Å². The number of aromatic hydroxyl groups is 1. The predicted octanol–water partition coefficient (Wildman–Crippen LogP) is 2.04. The Hall–Kier alpha value is -1.95. The molecule has 1 heterocycles. The minimum Gasteiger partial charge on any atom is -0.506 e. The molecule has 0 saturated carbocycles. The second-order valence-electron chi connectivity index (χ2n) is 6.05. The van der Waals surface area contributed by atoms with E-state index in [-0.39, 0.29) is 5.91 Å². The number of nitrogens with one attached hydrogen (secondary N) is 2. The van der Waals surface area contributed by atoms with Crippen LogP contribution in [0.3, 0.4) is 0 Å². The number of carbonyl (C=O) groups excluding carboxylic acids is 1. The zero-order chi connectivity index (χ0) is 17.8. The number of piperazine rings is 1. The highest BCUT2D eigenvalue weighted by Crippen LogP contribution is 2.29. The number of carbonyl (C=O) groups is 1. The van der Waals surface area contributed by atoms with Gasteiger partial charge >= 0.3 is 0 Å². The Morgan fingerprint density at radius 2 is 1.84 bits per heavy atom. The van der Waals surface area contributed by atoms with Crippen molar-refractivity contribution < 1.29 is 14.8 Å². The molecule has 0 aliphatic carbocycles. The molecule has 25 heavy (non-hydrogen) atoms. The van der Waals surface area contributed by atoms with Crippen LogP contribution in [0.5, 0.6) is 5.75 Å². The Morgan fingerprint density at radius 1 is 1.12 bits per heavy atom. The van der Waals surface area contributed by atoms with Crippen molar-refractivity contribution >= 4 is 40.5 Å². The van der Waals surface area contributed by atoms with E-state index in [2.05, 4.69) is 10.2 Å². The minimum atomic E-state index is -0.0878. The first kappa shape index (κ1) is 17.9. The third-order valence-electron chi connectivity index (χ3n) is 4.33. The number of hydrogen-bond acceptors (Lipinski definition) is 3. The van der Waals surface area contributed by atoms with Crippen molar-refractivity contribution in [2.24, 2.45) is 0 Å². The van der Waals surface area contributed by atoms with Gasteiger partial charge in [-0.1, -0.05) is 41.4 Å². The molecule has 0 radical (unpaired) electrons. The number of phenolic OH excluding ortho intramolecular Hbond substituents is 1. The van der Waals surface area contributed by atoms with Crippen LogP contribution in [0.4, 0.5) is 11.4 Å². The van der Waals surface area contributed by atoms with Crippen LogP contribution in [-0.4, -0.2) is 43.7 Å². The molecule has 1 amide bonds. The highest BCUT2D eigenvalue weighted by molar-refractivity contribution is 6.43. The van der Waals surface area contributed by atoms with Crippen molar-refractivity contribution in [2.75, 3.05) is 42.9 Å². The van der Waals surface area contributed by atoms with Gasteiger partial charge in [-0.05, 0) is 24.3 Å². The molecule has 0 spiro atoms. The lowest BCUT2D eigenvalue weighted by Gasteiger charge is -2.33. The van der Waals surface area contributed by atoms with Gasteiger partial charge in [0.1, 0.15) is 5.75 Å². The smallest absolute Gasteiger partial charge is 0.279 e. The Kier molecular flexibility index (Phi) is 5.68. The van der Waals surface area contributed by atoms with E-state index in [1.54, 1.807) is 24.3 Å². The molecular weight excluding hydrogens is 361 g/mol. The normalized spacial score (nSPS) is 15.2. The molecule has 1 saturated heterocycles. The summed E-state index contributed by atoms with van der Waals surface area (Å²) < 4.78 is 0. The Balaban J connectivity index is 1.53. The summed E-state index contributed by atoms with van der Waals surface area (Å²) in [6.45, 7) is 3.60. The summed E-state index contributed by atoms with van der Waals surface area (Å²) in [5.74, 6) is 0.203. The van der Waals surface area contributed by atoms with Crippen molar-refractivity contribution in [3.05, 3.63) is 52.5 Å². The maximum atomic E-state index is 12.3. The molecule has 2 aromatic carbocycles.